The van der Waals surface area contributed by atoms with E-state index in [0.29, 0.717) is 0 Å². The highest BCUT2D eigenvalue weighted by Gasteiger charge is 2.16. The Morgan fingerprint density at radius 2 is 2.06 bits per heavy atom. The van der Waals surface area contributed by atoms with Gasteiger partial charge in [0.2, 0.25) is 5.91 Å². The van der Waals surface area contributed by atoms with Crippen LogP contribution in [0.5, 0.6) is 0 Å². The third kappa shape index (κ3) is 3.22. The van der Waals surface area contributed by atoms with Gasteiger partial charge in [0.05, 0.1) is 0 Å². The Morgan fingerprint density at radius 1 is 1.35 bits per heavy atom. The van der Waals surface area contributed by atoms with Crippen LogP contribution in [0.15, 0.2) is 24.3 Å². The van der Waals surface area contributed by atoms with Gasteiger partial charge in [-0.15, -0.1) is 0 Å². The van der Waals surface area contributed by atoms with Crippen molar-refractivity contribution in [2.24, 2.45) is 5.92 Å². The Kier molecular flexibility index (Phi) is 3.67. The zero-order valence-electron chi connectivity index (χ0n) is 10.6. The normalized spacial score (nSPS) is 16.9. The minimum absolute atomic E-state index is 0.0191. The molecule has 1 aliphatic rings. The first kappa shape index (κ1) is 12.0. The van der Waals surface area contributed by atoms with Gasteiger partial charge in [0.1, 0.15) is 0 Å². The summed E-state index contributed by atoms with van der Waals surface area (Å²) in [6.45, 7) is 6.08. The summed E-state index contributed by atoms with van der Waals surface area (Å²) in [4.78, 5) is 13.4. The second-order valence-electron chi connectivity index (χ2n) is 4.90. The summed E-state index contributed by atoms with van der Waals surface area (Å²) in [7, 11) is 0. The van der Waals surface area contributed by atoms with E-state index in [-0.39, 0.29) is 5.91 Å². The summed E-state index contributed by atoms with van der Waals surface area (Å²) in [5, 5.41) is 2.83. The number of carbonyl (C=O) groups excluding carboxylic acids is 1. The molecule has 1 aromatic rings. The van der Waals surface area contributed by atoms with Crippen molar-refractivity contribution in [2.45, 2.75) is 26.7 Å². The lowest BCUT2D eigenvalue weighted by Gasteiger charge is -2.32. The second-order valence-corrected chi connectivity index (χ2v) is 4.90. The molecule has 1 amide bonds. The highest BCUT2D eigenvalue weighted by Crippen LogP contribution is 2.25. The third-order valence-electron chi connectivity index (χ3n) is 3.32. The minimum atomic E-state index is -0.0191. The van der Waals surface area contributed by atoms with Crippen molar-refractivity contribution in [1.82, 2.24) is 0 Å². The number of rotatable bonds is 2. The molecule has 1 saturated heterocycles. The molecule has 0 radical (unpaired) electrons. The van der Waals surface area contributed by atoms with E-state index in [2.05, 4.69) is 29.3 Å². The molecule has 0 atom stereocenters. The van der Waals surface area contributed by atoms with Crippen LogP contribution in [0.1, 0.15) is 26.7 Å². The molecular weight excluding hydrogens is 212 g/mol. The molecule has 0 bridgehead atoms. The average molecular weight is 232 g/mol. The van der Waals surface area contributed by atoms with Gasteiger partial charge in [0.15, 0.2) is 0 Å². The van der Waals surface area contributed by atoms with Crippen LogP contribution in [0.25, 0.3) is 0 Å². The van der Waals surface area contributed by atoms with E-state index < -0.39 is 0 Å². The first-order chi connectivity index (χ1) is 8.15. The van der Waals surface area contributed by atoms with Crippen LogP contribution in [0, 0.1) is 5.92 Å². The number of benzene rings is 1. The predicted molar refractivity (Wildman–Crippen MR) is 71.4 cm³/mol. The molecule has 0 aliphatic carbocycles. The first-order valence-corrected chi connectivity index (χ1v) is 6.28. The maximum atomic E-state index is 11.0. The number of hydrogen-bond donors (Lipinski definition) is 1. The molecule has 3 heteroatoms. The van der Waals surface area contributed by atoms with Crippen molar-refractivity contribution in [3.63, 3.8) is 0 Å². The molecule has 92 valence electrons. The molecule has 0 unspecified atom stereocenters. The Bertz CT molecular complexity index is 395. The standard InChI is InChI=1S/C14H20N2O/c1-11-6-8-16(9-7-11)14-5-3-4-13(10-14)15-12(2)17/h3-5,10-11H,6-9H2,1-2H3,(H,15,17). The van der Waals surface area contributed by atoms with Gasteiger partial charge in [-0.25, -0.2) is 0 Å². The van der Waals surface area contributed by atoms with Gasteiger partial charge in [-0.1, -0.05) is 13.0 Å². The van der Waals surface area contributed by atoms with E-state index in [9.17, 15) is 4.79 Å². The summed E-state index contributed by atoms with van der Waals surface area (Å²) in [5.41, 5.74) is 2.09. The van der Waals surface area contributed by atoms with Crippen LogP contribution in [0.4, 0.5) is 11.4 Å². The number of piperidine rings is 1. The smallest absolute Gasteiger partial charge is 0.221 e. The van der Waals surface area contributed by atoms with Crippen LogP contribution in [-0.4, -0.2) is 19.0 Å². The largest absolute Gasteiger partial charge is 0.371 e. The number of nitrogens with one attached hydrogen (secondary N) is 1. The van der Waals surface area contributed by atoms with Crippen molar-refractivity contribution in [2.75, 3.05) is 23.3 Å². The Morgan fingerprint density at radius 3 is 2.71 bits per heavy atom. The molecule has 3 nitrogen and oxygen atoms in total. The van der Waals surface area contributed by atoms with Crippen LogP contribution >= 0.6 is 0 Å². The minimum Gasteiger partial charge on any atom is -0.371 e. The summed E-state index contributed by atoms with van der Waals surface area (Å²) in [6.07, 6.45) is 2.51. The van der Waals surface area contributed by atoms with E-state index in [1.165, 1.54) is 25.5 Å². The highest BCUT2D eigenvalue weighted by atomic mass is 16.1. The topological polar surface area (TPSA) is 32.3 Å². The van der Waals surface area contributed by atoms with Gasteiger partial charge < -0.3 is 10.2 Å². The lowest BCUT2D eigenvalue weighted by Crippen LogP contribution is -2.32. The summed E-state index contributed by atoms with van der Waals surface area (Å²) in [6, 6.07) is 8.09. The molecule has 2 rings (SSSR count). The first-order valence-electron chi connectivity index (χ1n) is 6.28. The number of nitrogens with zero attached hydrogens (tertiary/aromatic N) is 1. The van der Waals surface area contributed by atoms with E-state index in [1.807, 2.05) is 12.1 Å². The highest BCUT2D eigenvalue weighted by molar-refractivity contribution is 5.89. The SMILES string of the molecule is CC(=O)Nc1cccc(N2CCC(C)CC2)c1. The van der Waals surface area contributed by atoms with Gasteiger partial charge in [-0.05, 0) is 37.0 Å². The van der Waals surface area contributed by atoms with E-state index >= 15 is 0 Å². The third-order valence-corrected chi connectivity index (χ3v) is 3.32. The van der Waals surface area contributed by atoms with Crippen molar-refractivity contribution in [3.8, 4) is 0 Å². The lowest BCUT2D eigenvalue weighted by molar-refractivity contribution is -0.114. The summed E-state index contributed by atoms with van der Waals surface area (Å²) in [5.74, 6) is 0.819. The molecule has 1 fully saturated rings. The van der Waals surface area contributed by atoms with Crippen LogP contribution < -0.4 is 10.2 Å². The second kappa shape index (κ2) is 5.21. The quantitative estimate of drug-likeness (QED) is 0.850. The van der Waals surface area contributed by atoms with Gasteiger partial charge in [-0.2, -0.15) is 0 Å². The summed E-state index contributed by atoms with van der Waals surface area (Å²) >= 11 is 0. The van der Waals surface area contributed by atoms with E-state index in [4.69, 9.17) is 0 Å². The van der Waals surface area contributed by atoms with Crippen LogP contribution in [0.3, 0.4) is 0 Å². The van der Waals surface area contributed by atoms with Crippen LogP contribution in [-0.2, 0) is 4.79 Å². The fourth-order valence-corrected chi connectivity index (χ4v) is 2.25. The van der Waals surface area contributed by atoms with E-state index in [1.54, 1.807) is 0 Å². The van der Waals surface area contributed by atoms with E-state index in [0.717, 1.165) is 24.7 Å². The molecule has 1 aliphatic heterocycles. The maximum absolute atomic E-state index is 11.0. The molecule has 0 saturated carbocycles. The lowest BCUT2D eigenvalue weighted by atomic mass is 9.99. The fraction of sp³-hybridized carbons (Fsp3) is 0.500. The van der Waals surface area contributed by atoms with Gasteiger partial charge in [0.25, 0.3) is 0 Å². The molecule has 1 heterocycles. The number of amides is 1. The van der Waals surface area contributed by atoms with Crippen molar-refractivity contribution in [1.29, 1.82) is 0 Å². The zero-order valence-corrected chi connectivity index (χ0v) is 10.6. The van der Waals surface area contributed by atoms with Gasteiger partial charge in [0, 0.05) is 31.4 Å². The monoisotopic (exact) mass is 232 g/mol. The van der Waals surface area contributed by atoms with Crippen molar-refractivity contribution in [3.05, 3.63) is 24.3 Å². The molecular formula is C14H20N2O. The fourth-order valence-electron chi connectivity index (χ4n) is 2.25. The van der Waals surface area contributed by atoms with Crippen molar-refractivity contribution >= 4 is 17.3 Å². The number of hydrogen-bond acceptors (Lipinski definition) is 2. The Labute approximate surface area is 103 Å². The Balaban J connectivity index is 2.07. The van der Waals surface area contributed by atoms with Crippen molar-refractivity contribution < 1.29 is 4.79 Å². The number of anilines is 2. The van der Waals surface area contributed by atoms with Crippen LogP contribution in [0.2, 0.25) is 0 Å². The number of carbonyl (C=O) groups is 1. The van der Waals surface area contributed by atoms with Gasteiger partial charge >= 0.3 is 0 Å². The molecule has 0 spiro atoms. The zero-order chi connectivity index (χ0) is 12.3. The predicted octanol–water partition coefficient (Wildman–Crippen LogP) is 2.88. The molecule has 0 aromatic heterocycles. The Hall–Kier alpha value is -1.51. The summed E-state index contributed by atoms with van der Waals surface area (Å²) < 4.78 is 0. The maximum Gasteiger partial charge on any atom is 0.221 e. The van der Waals surface area contributed by atoms with Gasteiger partial charge in [-0.3, -0.25) is 4.79 Å². The molecule has 1 aromatic carbocycles. The average Bonchev–Trinajstić information content (AvgIpc) is 2.29. The molecule has 17 heavy (non-hydrogen) atoms. The molecule has 1 N–H and O–H groups in total.